The molecule has 0 saturated heterocycles. The molecule has 0 aliphatic rings. The molecule has 0 amide bonds. The second-order valence-electron chi connectivity index (χ2n) is 11.0. The molecule has 0 aliphatic heterocycles. The second kappa shape index (κ2) is 22.2. The topological polar surface area (TPSA) is 227 Å². The Bertz CT molecular complexity index is 2120. The molecule has 2 atom stereocenters. The molecular weight excluding hydrogens is 696 g/mol. The number of hydrogen-bond acceptors (Lipinski definition) is 15. The van der Waals surface area contributed by atoms with Crippen molar-refractivity contribution in [1.82, 2.24) is 5.32 Å². The predicted molar refractivity (Wildman–Crippen MR) is 190 cm³/mol. The summed E-state index contributed by atoms with van der Waals surface area (Å²) in [5.74, 6) is 0.454. The maximum atomic E-state index is 13.0. The van der Waals surface area contributed by atoms with Gasteiger partial charge in [-0.2, -0.15) is 15.0 Å². The van der Waals surface area contributed by atoms with Gasteiger partial charge in [-0.15, -0.1) is 10.5 Å². The predicted octanol–water partition coefficient (Wildman–Crippen LogP) is 4.90. The van der Waals surface area contributed by atoms with Crippen LogP contribution in [0.3, 0.4) is 0 Å². The second-order valence-corrected chi connectivity index (χ2v) is 11.0. The molecule has 0 saturated carbocycles. The summed E-state index contributed by atoms with van der Waals surface area (Å²) in [6.07, 6.45) is 8.00. The molecule has 15 nitrogen and oxygen atoms in total. The lowest BCUT2D eigenvalue weighted by molar-refractivity contribution is -0.123. The van der Waals surface area contributed by atoms with E-state index in [0.717, 1.165) is 11.1 Å². The highest BCUT2D eigenvalue weighted by atomic mass is 16.5. The Morgan fingerprint density at radius 3 is 1.61 bits per heavy atom. The van der Waals surface area contributed by atoms with Gasteiger partial charge in [-0.3, -0.25) is 19.7 Å². The fourth-order valence-electron chi connectivity index (χ4n) is 4.61. The smallest absolute Gasteiger partial charge is 0.292 e. The van der Waals surface area contributed by atoms with Crippen molar-refractivity contribution in [2.24, 2.45) is 15.0 Å². The number of carbonyl (C=O) groups is 3. The van der Waals surface area contributed by atoms with Gasteiger partial charge in [0.2, 0.25) is 18.2 Å². The third-order valence-corrected chi connectivity index (χ3v) is 7.37. The zero-order chi connectivity index (χ0) is 39.1. The van der Waals surface area contributed by atoms with Crippen molar-refractivity contribution < 1.29 is 43.0 Å². The molecule has 1 N–H and O–H groups in total. The molecule has 0 spiro atoms. The van der Waals surface area contributed by atoms with Gasteiger partial charge in [0.05, 0.1) is 24.0 Å². The van der Waals surface area contributed by atoms with Gasteiger partial charge in [0, 0.05) is 12.0 Å². The van der Waals surface area contributed by atoms with Crippen LogP contribution in [0.4, 0.5) is 11.4 Å². The largest absolute Gasteiger partial charge is 0.486 e. The molecule has 270 valence electrons. The summed E-state index contributed by atoms with van der Waals surface area (Å²) in [4.78, 5) is 78.2. The van der Waals surface area contributed by atoms with Crippen LogP contribution in [-0.4, -0.2) is 60.8 Å². The Hall–Kier alpha value is -7.63. The minimum atomic E-state index is -0.760. The van der Waals surface area contributed by atoms with Gasteiger partial charge in [0.15, 0.2) is 17.3 Å². The Labute approximate surface area is 308 Å². The molecular formula is C39H30N6O9. The summed E-state index contributed by atoms with van der Waals surface area (Å²) in [6, 6.07) is 24.2. The monoisotopic (exact) mass is 726 g/mol. The fraction of sp³-hybridized carbons (Fsp3) is 0.179. The molecule has 0 fully saturated rings. The van der Waals surface area contributed by atoms with Gasteiger partial charge in [0.25, 0.3) is 12.5 Å². The van der Waals surface area contributed by atoms with Crippen LogP contribution >= 0.6 is 0 Å². The number of nitrogens with one attached hydrogen (secondary N) is 1. The number of nitrogens with zero attached hydrogens (tertiary/aromatic N) is 5. The van der Waals surface area contributed by atoms with Gasteiger partial charge in [-0.25, -0.2) is 14.4 Å². The minimum absolute atomic E-state index is 0.124. The highest BCUT2D eigenvalue weighted by Crippen LogP contribution is 2.19. The van der Waals surface area contributed by atoms with Crippen molar-refractivity contribution in [1.29, 1.82) is 10.5 Å². The van der Waals surface area contributed by atoms with E-state index in [1.165, 1.54) is 49.4 Å². The van der Waals surface area contributed by atoms with Gasteiger partial charge in [-0.05, 0) is 97.3 Å². The summed E-state index contributed by atoms with van der Waals surface area (Å²) in [5.41, 5.74) is 2.77. The Morgan fingerprint density at radius 2 is 1.15 bits per heavy atom. The number of aliphatic imine (C=N–C) groups is 3. The summed E-state index contributed by atoms with van der Waals surface area (Å²) in [5, 5.41) is 19.9. The van der Waals surface area contributed by atoms with Crippen LogP contribution in [0.5, 0.6) is 17.2 Å². The van der Waals surface area contributed by atoms with Crippen molar-refractivity contribution in [2.45, 2.75) is 31.8 Å². The van der Waals surface area contributed by atoms with Gasteiger partial charge in [-0.1, -0.05) is 24.3 Å². The Morgan fingerprint density at radius 1 is 0.667 bits per heavy atom. The van der Waals surface area contributed by atoms with Crippen LogP contribution in [0.1, 0.15) is 28.4 Å². The number of carbonyl (C=O) groups excluding carboxylic acids is 6. The molecule has 4 aromatic rings. The van der Waals surface area contributed by atoms with Crippen molar-refractivity contribution in [3.05, 3.63) is 114 Å². The molecule has 0 aliphatic carbocycles. The van der Waals surface area contributed by atoms with Gasteiger partial charge >= 0.3 is 0 Å². The van der Waals surface area contributed by atoms with Crippen LogP contribution < -0.4 is 19.5 Å². The molecule has 0 bridgehead atoms. The van der Waals surface area contributed by atoms with Gasteiger partial charge in [0.1, 0.15) is 29.9 Å². The summed E-state index contributed by atoms with van der Waals surface area (Å²) in [7, 11) is 0. The lowest BCUT2D eigenvalue weighted by Crippen LogP contribution is -2.43. The van der Waals surface area contributed by atoms with Crippen LogP contribution in [0.25, 0.3) is 0 Å². The first kappa shape index (κ1) is 40.8. The van der Waals surface area contributed by atoms with E-state index in [0.29, 0.717) is 40.6 Å². The number of benzene rings is 4. The van der Waals surface area contributed by atoms with Crippen LogP contribution in [0.2, 0.25) is 0 Å². The third kappa shape index (κ3) is 13.9. The van der Waals surface area contributed by atoms with E-state index >= 15 is 0 Å². The molecule has 0 aromatic heterocycles. The van der Waals surface area contributed by atoms with Crippen LogP contribution in [-0.2, 0) is 36.8 Å². The first-order chi connectivity index (χ1) is 26.2. The highest BCUT2D eigenvalue weighted by Gasteiger charge is 2.21. The molecule has 54 heavy (non-hydrogen) atoms. The van der Waals surface area contributed by atoms with Crippen LogP contribution in [0, 0.1) is 23.0 Å². The minimum Gasteiger partial charge on any atom is -0.486 e. The molecule has 4 aromatic carbocycles. The SMILES string of the molecule is CC(=O)C(Cc1ccc(OC#N)cc1)N=C=O.N#COc1ccc(CC(NCC(=O)c2ccc(N=C=O)cc2)C(=O)COc2ccc(N=C=O)cc2)cc1. The summed E-state index contributed by atoms with van der Waals surface area (Å²) in [6.45, 7) is 0.982. The van der Waals surface area contributed by atoms with Crippen molar-refractivity contribution in [2.75, 3.05) is 13.2 Å². The quantitative estimate of drug-likeness (QED) is 0.0625. The fourth-order valence-corrected chi connectivity index (χ4v) is 4.61. The van der Waals surface area contributed by atoms with E-state index in [1.807, 2.05) is 0 Å². The number of nitriles is 2. The van der Waals surface area contributed by atoms with Crippen molar-refractivity contribution in [3.8, 4) is 29.8 Å². The first-order valence-electron chi connectivity index (χ1n) is 15.8. The highest BCUT2D eigenvalue weighted by molar-refractivity contribution is 5.98. The standard InChI is InChI=1S/C27H20N4O6.C12H10N2O3/c28-16-37-24-9-1-19(2-10-24)13-25(27(35)15-36-23-11-7-22(8-12-23)31-18-33)29-14-26(34)20-3-5-21(6-4-20)30-17-32;1-9(16)12(14-8-15)6-10-2-4-11(5-3-10)17-7-13/h1-12,25,29H,13-15H2;2-5,12H,6H2,1H3. The normalized spacial score (nSPS) is 10.7. The Kier molecular flexibility index (Phi) is 16.8. The third-order valence-electron chi connectivity index (χ3n) is 7.37. The number of hydrogen-bond donors (Lipinski definition) is 1. The number of rotatable bonds is 18. The van der Waals surface area contributed by atoms with E-state index in [1.54, 1.807) is 85.3 Å². The lowest BCUT2D eigenvalue weighted by atomic mass is 10.0. The average Bonchev–Trinajstić information content (AvgIpc) is 3.18. The van der Waals surface area contributed by atoms with E-state index in [-0.39, 0.29) is 36.9 Å². The van der Waals surface area contributed by atoms with E-state index in [4.69, 9.17) is 20.0 Å². The summed E-state index contributed by atoms with van der Waals surface area (Å²) >= 11 is 0. The maximum absolute atomic E-state index is 13.0. The van der Waals surface area contributed by atoms with Crippen LogP contribution in [0.15, 0.2) is 112 Å². The first-order valence-corrected chi connectivity index (χ1v) is 15.8. The van der Waals surface area contributed by atoms with Crippen molar-refractivity contribution in [3.63, 3.8) is 0 Å². The van der Waals surface area contributed by atoms with Gasteiger partial charge < -0.3 is 14.2 Å². The maximum Gasteiger partial charge on any atom is 0.292 e. The summed E-state index contributed by atoms with van der Waals surface area (Å²) < 4.78 is 15.0. The molecule has 15 heteroatoms. The van der Waals surface area contributed by atoms with E-state index < -0.39 is 12.1 Å². The zero-order valence-corrected chi connectivity index (χ0v) is 28.6. The van der Waals surface area contributed by atoms with E-state index in [9.17, 15) is 28.8 Å². The number of ketones is 3. The number of Topliss-reactive ketones (excluding diaryl/α,β-unsaturated/α-hetero) is 3. The lowest BCUT2D eigenvalue weighted by Gasteiger charge is -2.18. The Balaban J connectivity index is 0.000000386. The van der Waals surface area contributed by atoms with Crippen molar-refractivity contribution >= 4 is 47.0 Å². The average molecular weight is 727 g/mol. The molecule has 0 radical (unpaired) electrons. The zero-order valence-electron chi connectivity index (χ0n) is 28.6. The molecule has 4 rings (SSSR count). The number of isocyanates is 3. The number of ether oxygens (including phenoxy) is 3. The van der Waals surface area contributed by atoms with E-state index in [2.05, 4.69) is 25.0 Å². The molecule has 2 unspecified atom stereocenters. The molecule has 0 heterocycles.